The van der Waals surface area contributed by atoms with Crippen molar-refractivity contribution in [1.29, 1.82) is 0 Å². The number of nitrogens with one attached hydrogen (secondary N) is 1. The summed E-state index contributed by atoms with van der Waals surface area (Å²) in [5.41, 5.74) is 3.93. The Kier molecular flexibility index (Phi) is 5.55. The summed E-state index contributed by atoms with van der Waals surface area (Å²) < 4.78 is 5.61. The third-order valence-electron chi connectivity index (χ3n) is 5.17. The summed E-state index contributed by atoms with van der Waals surface area (Å²) in [5.74, 6) is 1.38. The maximum absolute atomic E-state index is 13.1. The molecule has 1 aromatic carbocycles. The third-order valence-corrected chi connectivity index (χ3v) is 6.00. The molecule has 0 saturated carbocycles. The molecular formula is C23H20N6O2S. The highest BCUT2D eigenvalue weighted by Crippen LogP contribution is 2.34. The van der Waals surface area contributed by atoms with E-state index in [4.69, 9.17) is 4.42 Å². The molecule has 1 N–H and O–H groups in total. The monoisotopic (exact) mass is 444 g/mol. The average Bonchev–Trinajstić information content (AvgIpc) is 3.59. The first-order chi connectivity index (χ1) is 15.7. The summed E-state index contributed by atoms with van der Waals surface area (Å²) in [7, 11) is 0. The van der Waals surface area contributed by atoms with E-state index in [2.05, 4.69) is 25.3 Å². The van der Waals surface area contributed by atoms with Crippen LogP contribution in [-0.2, 0) is 4.79 Å². The van der Waals surface area contributed by atoms with Gasteiger partial charge in [0.25, 0.3) is 5.91 Å². The lowest BCUT2D eigenvalue weighted by atomic mass is 10.0. The van der Waals surface area contributed by atoms with Gasteiger partial charge >= 0.3 is 0 Å². The number of furan rings is 1. The van der Waals surface area contributed by atoms with Crippen molar-refractivity contribution >= 4 is 23.4 Å². The standard InChI is InChI=1S/C23H20N6O2S/c1-15-4-6-16(7-5-15)18-13-19(20-3-2-12-31-20)29(28-18)21(30)14-32-23-25-22(26-27-23)17-8-10-24-11-9-17/h2-12,19H,13-14H2,1H3,(H,25,26,27)/t19-/m0/s1. The topological polar surface area (TPSA) is 100 Å². The van der Waals surface area contributed by atoms with Crippen LogP contribution >= 0.6 is 11.8 Å². The van der Waals surface area contributed by atoms with Crippen molar-refractivity contribution in [1.82, 2.24) is 25.2 Å². The molecule has 0 aliphatic carbocycles. The Morgan fingerprint density at radius 3 is 2.72 bits per heavy atom. The molecule has 4 aromatic rings. The van der Waals surface area contributed by atoms with Crippen LogP contribution in [0.3, 0.4) is 0 Å². The molecule has 0 unspecified atom stereocenters. The molecule has 5 rings (SSSR count). The average molecular weight is 445 g/mol. The number of nitrogens with zero attached hydrogens (tertiary/aromatic N) is 5. The first-order valence-corrected chi connectivity index (χ1v) is 11.1. The van der Waals surface area contributed by atoms with Crippen LogP contribution in [0, 0.1) is 6.92 Å². The lowest BCUT2D eigenvalue weighted by Gasteiger charge is -2.19. The van der Waals surface area contributed by atoms with E-state index in [0.717, 1.165) is 16.8 Å². The second kappa shape index (κ2) is 8.80. The zero-order chi connectivity index (χ0) is 21.9. The van der Waals surface area contributed by atoms with Crippen LogP contribution in [0.1, 0.15) is 29.3 Å². The van der Waals surface area contributed by atoms with Crippen LogP contribution in [0.5, 0.6) is 0 Å². The van der Waals surface area contributed by atoms with Gasteiger partial charge in [-0.1, -0.05) is 41.6 Å². The van der Waals surface area contributed by atoms with E-state index in [1.54, 1.807) is 18.7 Å². The zero-order valence-electron chi connectivity index (χ0n) is 17.3. The predicted octanol–water partition coefficient (Wildman–Crippen LogP) is 4.24. The highest BCUT2D eigenvalue weighted by molar-refractivity contribution is 7.99. The molecule has 0 bridgehead atoms. The quantitative estimate of drug-likeness (QED) is 0.447. The number of hydrogen-bond acceptors (Lipinski definition) is 7. The van der Waals surface area contributed by atoms with Gasteiger partial charge in [-0.05, 0) is 36.8 Å². The van der Waals surface area contributed by atoms with Gasteiger partial charge in [-0.3, -0.25) is 14.9 Å². The number of aromatic amines is 1. The molecule has 1 amide bonds. The van der Waals surface area contributed by atoms with Gasteiger partial charge in [0.05, 0.1) is 17.7 Å². The predicted molar refractivity (Wildman–Crippen MR) is 121 cm³/mol. The fourth-order valence-electron chi connectivity index (χ4n) is 3.51. The number of pyridine rings is 1. The molecule has 0 radical (unpaired) electrons. The number of carbonyl (C=O) groups is 1. The first-order valence-electron chi connectivity index (χ1n) is 10.1. The number of aryl methyl sites for hydroxylation is 1. The number of amides is 1. The van der Waals surface area contributed by atoms with Gasteiger partial charge in [-0.2, -0.15) is 5.10 Å². The van der Waals surface area contributed by atoms with E-state index < -0.39 is 0 Å². The Morgan fingerprint density at radius 2 is 1.97 bits per heavy atom. The Morgan fingerprint density at radius 1 is 1.16 bits per heavy atom. The summed E-state index contributed by atoms with van der Waals surface area (Å²) in [6.45, 7) is 2.04. The Balaban J connectivity index is 1.32. The van der Waals surface area contributed by atoms with Crippen LogP contribution in [-0.4, -0.2) is 42.5 Å². The van der Waals surface area contributed by atoms with Gasteiger partial charge in [0, 0.05) is 24.4 Å². The molecule has 32 heavy (non-hydrogen) atoms. The lowest BCUT2D eigenvalue weighted by Crippen LogP contribution is -2.28. The van der Waals surface area contributed by atoms with Gasteiger partial charge in [0.1, 0.15) is 11.8 Å². The van der Waals surface area contributed by atoms with Gasteiger partial charge in [0.15, 0.2) is 5.82 Å². The number of H-pyrrole nitrogens is 1. The molecule has 0 saturated heterocycles. The number of thioether (sulfide) groups is 1. The number of hydrazone groups is 1. The van der Waals surface area contributed by atoms with Crippen molar-refractivity contribution in [2.75, 3.05) is 5.75 Å². The molecule has 0 spiro atoms. The van der Waals surface area contributed by atoms with Crippen LogP contribution < -0.4 is 0 Å². The molecule has 8 nitrogen and oxygen atoms in total. The fourth-order valence-corrected chi connectivity index (χ4v) is 4.16. The maximum atomic E-state index is 13.1. The largest absolute Gasteiger partial charge is 0.467 e. The van der Waals surface area contributed by atoms with Crippen molar-refractivity contribution in [2.24, 2.45) is 5.10 Å². The molecule has 4 heterocycles. The van der Waals surface area contributed by atoms with Crippen molar-refractivity contribution in [2.45, 2.75) is 24.5 Å². The molecule has 0 fully saturated rings. The Hall–Kier alpha value is -3.72. The van der Waals surface area contributed by atoms with Crippen molar-refractivity contribution in [3.63, 3.8) is 0 Å². The highest BCUT2D eigenvalue weighted by Gasteiger charge is 2.34. The van der Waals surface area contributed by atoms with Gasteiger partial charge in [-0.25, -0.2) is 9.99 Å². The normalized spacial score (nSPS) is 15.7. The number of rotatable bonds is 6. The fraction of sp³-hybridized carbons (Fsp3) is 0.174. The van der Waals surface area contributed by atoms with Crippen LogP contribution in [0.4, 0.5) is 0 Å². The van der Waals surface area contributed by atoms with Crippen LogP contribution in [0.15, 0.2) is 81.9 Å². The van der Waals surface area contributed by atoms with E-state index in [1.807, 2.05) is 55.5 Å². The number of aromatic nitrogens is 4. The maximum Gasteiger partial charge on any atom is 0.253 e. The molecule has 1 aliphatic rings. The SMILES string of the molecule is Cc1ccc(C2=NN(C(=O)CSc3n[nH]c(-c4ccncc4)n3)[C@H](c3ccco3)C2)cc1. The molecule has 9 heteroatoms. The first kappa shape index (κ1) is 20.2. The summed E-state index contributed by atoms with van der Waals surface area (Å²) >= 11 is 1.27. The number of hydrogen-bond donors (Lipinski definition) is 1. The minimum absolute atomic E-state index is 0.131. The third kappa shape index (κ3) is 4.19. The molecule has 3 aromatic heterocycles. The summed E-state index contributed by atoms with van der Waals surface area (Å²) in [6, 6.07) is 15.3. The minimum Gasteiger partial charge on any atom is -0.467 e. The Labute approximate surface area is 188 Å². The second-order valence-electron chi connectivity index (χ2n) is 7.38. The highest BCUT2D eigenvalue weighted by atomic mass is 32.2. The molecule has 1 atom stereocenters. The van der Waals surface area contributed by atoms with E-state index in [0.29, 0.717) is 23.2 Å². The van der Waals surface area contributed by atoms with E-state index in [9.17, 15) is 4.79 Å². The van der Waals surface area contributed by atoms with Gasteiger partial charge in [-0.15, -0.1) is 5.10 Å². The Bertz CT molecular complexity index is 1240. The molecular weight excluding hydrogens is 424 g/mol. The van der Waals surface area contributed by atoms with Gasteiger partial charge in [0.2, 0.25) is 5.16 Å². The van der Waals surface area contributed by atoms with E-state index in [1.165, 1.54) is 22.3 Å². The summed E-state index contributed by atoms with van der Waals surface area (Å²) in [5, 5.41) is 13.8. The van der Waals surface area contributed by atoms with Crippen LogP contribution in [0.2, 0.25) is 0 Å². The number of carbonyl (C=O) groups excluding carboxylic acids is 1. The molecule has 1 aliphatic heterocycles. The zero-order valence-corrected chi connectivity index (χ0v) is 18.1. The van der Waals surface area contributed by atoms with Crippen LogP contribution in [0.25, 0.3) is 11.4 Å². The lowest BCUT2D eigenvalue weighted by molar-refractivity contribution is -0.130. The van der Waals surface area contributed by atoms with Crippen molar-refractivity contribution in [3.8, 4) is 11.4 Å². The van der Waals surface area contributed by atoms with Gasteiger partial charge < -0.3 is 4.42 Å². The van der Waals surface area contributed by atoms with Crippen molar-refractivity contribution in [3.05, 3.63) is 84.1 Å². The summed E-state index contributed by atoms with van der Waals surface area (Å²) in [6.07, 6.45) is 5.60. The number of benzene rings is 1. The van der Waals surface area contributed by atoms with Crippen molar-refractivity contribution < 1.29 is 9.21 Å². The molecule has 160 valence electrons. The van der Waals surface area contributed by atoms with E-state index in [-0.39, 0.29) is 17.7 Å². The van der Waals surface area contributed by atoms with E-state index >= 15 is 0 Å². The summed E-state index contributed by atoms with van der Waals surface area (Å²) in [4.78, 5) is 21.6. The second-order valence-corrected chi connectivity index (χ2v) is 8.32. The minimum atomic E-state index is -0.270. The smallest absolute Gasteiger partial charge is 0.253 e.